The third-order valence-corrected chi connectivity index (χ3v) is 4.00. The lowest BCUT2D eigenvalue weighted by atomic mass is 10.1. The Balaban J connectivity index is 1.88. The second-order valence-corrected chi connectivity index (χ2v) is 5.02. The van der Waals surface area contributed by atoms with Gasteiger partial charge in [-0.2, -0.15) is 0 Å². The minimum absolute atomic E-state index is 0.159. The van der Waals surface area contributed by atoms with Crippen LogP contribution in [0.25, 0.3) is 0 Å². The monoisotopic (exact) mass is 233 g/mol. The Morgan fingerprint density at radius 1 is 1.25 bits per heavy atom. The molecule has 1 aliphatic heterocycles. The van der Waals surface area contributed by atoms with E-state index in [1.165, 1.54) is 16.5 Å². The van der Waals surface area contributed by atoms with Gasteiger partial charge in [-0.25, -0.2) is 4.39 Å². The number of halogens is 1. The number of fused-ring (bicyclic) bond motifs is 1. The Morgan fingerprint density at radius 3 is 3.06 bits per heavy atom. The van der Waals surface area contributed by atoms with Crippen molar-refractivity contribution >= 4 is 17.0 Å². The van der Waals surface area contributed by atoms with Crippen molar-refractivity contribution in [2.75, 3.05) is 11.4 Å². The number of thiophene rings is 1. The van der Waals surface area contributed by atoms with E-state index in [2.05, 4.69) is 16.3 Å². The van der Waals surface area contributed by atoms with Gasteiger partial charge in [0.1, 0.15) is 5.82 Å². The molecule has 1 aromatic heterocycles. The number of anilines is 1. The van der Waals surface area contributed by atoms with E-state index in [4.69, 9.17) is 0 Å². The molecule has 0 radical (unpaired) electrons. The summed E-state index contributed by atoms with van der Waals surface area (Å²) in [6.07, 6.45) is 1.07. The van der Waals surface area contributed by atoms with Crippen LogP contribution in [0.15, 0.2) is 35.7 Å². The fraction of sp³-hybridized carbons (Fsp3) is 0.231. The molecule has 0 aliphatic carbocycles. The van der Waals surface area contributed by atoms with Crippen LogP contribution in [-0.4, -0.2) is 6.54 Å². The van der Waals surface area contributed by atoms with Crippen LogP contribution in [0.5, 0.6) is 0 Å². The first-order valence-corrected chi connectivity index (χ1v) is 6.27. The maximum absolute atomic E-state index is 13.1. The first-order valence-electron chi connectivity index (χ1n) is 5.39. The minimum Gasteiger partial charge on any atom is -0.367 e. The molecule has 82 valence electrons. The highest BCUT2D eigenvalue weighted by molar-refractivity contribution is 7.10. The average molecular weight is 233 g/mol. The van der Waals surface area contributed by atoms with Crippen LogP contribution < -0.4 is 4.90 Å². The number of hydrogen-bond donors (Lipinski definition) is 0. The van der Waals surface area contributed by atoms with Crippen molar-refractivity contribution in [1.29, 1.82) is 0 Å². The zero-order valence-electron chi connectivity index (χ0n) is 8.82. The van der Waals surface area contributed by atoms with Gasteiger partial charge in [-0.3, -0.25) is 0 Å². The van der Waals surface area contributed by atoms with Gasteiger partial charge in [0.15, 0.2) is 0 Å². The summed E-state index contributed by atoms with van der Waals surface area (Å²) in [5.74, 6) is -0.159. The minimum atomic E-state index is -0.159. The van der Waals surface area contributed by atoms with Gasteiger partial charge in [-0.1, -0.05) is 6.07 Å². The third kappa shape index (κ3) is 1.71. The topological polar surface area (TPSA) is 3.24 Å². The molecule has 0 saturated heterocycles. The van der Waals surface area contributed by atoms with Crippen molar-refractivity contribution in [1.82, 2.24) is 0 Å². The molecule has 3 heteroatoms. The van der Waals surface area contributed by atoms with Gasteiger partial charge >= 0.3 is 0 Å². The van der Waals surface area contributed by atoms with Gasteiger partial charge in [-0.15, -0.1) is 11.3 Å². The molecular formula is C13H12FNS. The summed E-state index contributed by atoms with van der Waals surface area (Å²) in [5, 5.41) is 2.14. The Labute approximate surface area is 98.1 Å². The van der Waals surface area contributed by atoms with Crippen LogP contribution in [0.4, 0.5) is 10.1 Å². The fourth-order valence-corrected chi connectivity index (χ4v) is 3.03. The van der Waals surface area contributed by atoms with Crippen LogP contribution in [-0.2, 0) is 13.0 Å². The quantitative estimate of drug-likeness (QED) is 0.729. The Hall–Kier alpha value is -1.35. The van der Waals surface area contributed by atoms with Gasteiger partial charge in [-0.05, 0) is 41.6 Å². The molecular weight excluding hydrogens is 221 g/mol. The molecule has 2 aromatic rings. The molecule has 0 fully saturated rings. The fourth-order valence-electron chi connectivity index (χ4n) is 2.14. The second-order valence-electron chi connectivity index (χ2n) is 4.02. The first kappa shape index (κ1) is 9.85. The van der Waals surface area contributed by atoms with Crippen LogP contribution in [0, 0.1) is 5.82 Å². The summed E-state index contributed by atoms with van der Waals surface area (Å²) in [4.78, 5) is 3.71. The Kier molecular flexibility index (Phi) is 2.40. The molecule has 0 N–H and O–H groups in total. The zero-order chi connectivity index (χ0) is 11.0. The van der Waals surface area contributed by atoms with Crippen LogP contribution in [0.2, 0.25) is 0 Å². The first-order chi connectivity index (χ1) is 7.83. The molecule has 3 rings (SSSR count). The van der Waals surface area contributed by atoms with Gasteiger partial charge in [0.05, 0.1) is 0 Å². The standard InChI is InChI=1S/C13H12FNS/c14-11-2-1-3-12(8-11)15-6-4-13-10(9-15)5-7-16-13/h1-3,5,7-8H,4,6,9H2. The number of nitrogens with zero attached hydrogens (tertiary/aromatic N) is 1. The summed E-state index contributed by atoms with van der Waals surface area (Å²) in [7, 11) is 0. The van der Waals surface area contributed by atoms with E-state index in [0.717, 1.165) is 25.2 Å². The lowest BCUT2D eigenvalue weighted by Crippen LogP contribution is -2.29. The molecule has 1 aromatic carbocycles. The van der Waals surface area contributed by atoms with Gasteiger partial charge in [0.2, 0.25) is 0 Å². The SMILES string of the molecule is Fc1cccc(N2CCc3sccc3C2)c1. The second kappa shape index (κ2) is 3.91. The Morgan fingerprint density at radius 2 is 2.19 bits per heavy atom. The molecule has 0 amide bonds. The lowest BCUT2D eigenvalue weighted by molar-refractivity contribution is 0.625. The zero-order valence-corrected chi connectivity index (χ0v) is 9.64. The summed E-state index contributed by atoms with van der Waals surface area (Å²) in [5.41, 5.74) is 2.37. The molecule has 2 heterocycles. The molecule has 0 atom stereocenters. The highest BCUT2D eigenvalue weighted by Crippen LogP contribution is 2.27. The summed E-state index contributed by atoms with van der Waals surface area (Å²) in [6, 6.07) is 9.01. The number of hydrogen-bond acceptors (Lipinski definition) is 2. The van der Waals surface area contributed by atoms with Crippen molar-refractivity contribution < 1.29 is 4.39 Å². The molecule has 16 heavy (non-hydrogen) atoms. The smallest absolute Gasteiger partial charge is 0.125 e. The van der Waals surface area contributed by atoms with Crippen molar-refractivity contribution in [3.8, 4) is 0 Å². The van der Waals surface area contributed by atoms with Crippen molar-refractivity contribution in [2.24, 2.45) is 0 Å². The maximum Gasteiger partial charge on any atom is 0.125 e. The molecule has 0 bridgehead atoms. The summed E-state index contributed by atoms with van der Waals surface area (Å²) >= 11 is 1.83. The predicted octanol–water partition coefficient (Wildman–Crippen LogP) is 3.45. The largest absolute Gasteiger partial charge is 0.367 e. The maximum atomic E-state index is 13.1. The lowest BCUT2D eigenvalue weighted by Gasteiger charge is -2.29. The van der Waals surface area contributed by atoms with E-state index in [9.17, 15) is 4.39 Å². The van der Waals surface area contributed by atoms with Crippen molar-refractivity contribution in [3.05, 3.63) is 52.0 Å². The molecule has 0 spiro atoms. The average Bonchev–Trinajstić information content (AvgIpc) is 2.75. The van der Waals surface area contributed by atoms with E-state index in [0.29, 0.717) is 0 Å². The van der Waals surface area contributed by atoms with Crippen molar-refractivity contribution in [2.45, 2.75) is 13.0 Å². The summed E-state index contributed by atoms with van der Waals surface area (Å²) < 4.78 is 13.1. The van der Waals surface area contributed by atoms with Gasteiger partial charge in [0.25, 0.3) is 0 Å². The van der Waals surface area contributed by atoms with Gasteiger partial charge in [0, 0.05) is 23.7 Å². The highest BCUT2D eigenvalue weighted by atomic mass is 32.1. The van der Waals surface area contributed by atoms with E-state index < -0.39 is 0 Å². The van der Waals surface area contributed by atoms with Crippen molar-refractivity contribution in [3.63, 3.8) is 0 Å². The molecule has 1 nitrogen and oxygen atoms in total. The molecule has 0 saturated carbocycles. The normalized spacial score (nSPS) is 14.9. The van der Waals surface area contributed by atoms with Crippen LogP contribution >= 0.6 is 11.3 Å². The van der Waals surface area contributed by atoms with E-state index in [-0.39, 0.29) is 5.82 Å². The van der Waals surface area contributed by atoms with E-state index in [1.54, 1.807) is 12.1 Å². The van der Waals surface area contributed by atoms with Crippen LogP contribution in [0.1, 0.15) is 10.4 Å². The highest BCUT2D eigenvalue weighted by Gasteiger charge is 2.17. The molecule has 1 aliphatic rings. The molecule has 0 unspecified atom stereocenters. The number of rotatable bonds is 1. The van der Waals surface area contributed by atoms with Crippen LogP contribution in [0.3, 0.4) is 0 Å². The van der Waals surface area contributed by atoms with E-state index in [1.807, 2.05) is 17.4 Å². The van der Waals surface area contributed by atoms with E-state index >= 15 is 0 Å². The predicted molar refractivity (Wildman–Crippen MR) is 65.5 cm³/mol. The van der Waals surface area contributed by atoms with Gasteiger partial charge < -0.3 is 4.90 Å². The summed E-state index contributed by atoms with van der Waals surface area (Å²) in [6.45, 7) is 1.89. The Bertz CT molecular complexity index is 506. The number of benzene rings is 1. The third-order valence-electron chi connectivity index (χ3n) is 2.98.